The number of hydrogen-bond donors (Lipinski definition) is 1. The number of hydrogen-bond acceptors (Lipinski definition) is 3. The van der Waals surface area contributed by atoms with Gasteiger partial charge in [-0.25, -0.2) is 4.68 Å². The summed E-state index contributed by atoms with van der Waals surface area (Å²) in [6.45, 7) is 2.74. The van der Waals surface area contributed by atoms with Gasteiger partial charge in [0.05, 0.1) is 5.69 Å². The first-order chi connectivity index (χ1) is 10.7. The first-order valence-electron chi connectivity index (χ1n) is 7.84. The van der Waals surface area contributed by atoms with Crippen LogP contribution < -0.4 is 5.73 Å². The largest absolute Gasteiger partial charge is 0.333 e. The Hall–Kier alpha value is -2.14. The minimum Gasteiger partial charge on any atom is -0.333 e. The van der Waals surface area contributed by atoms with Crippen molar-refractivity contribution in [1.82, 2.24) is 14.7 Å². The lowest BCUT2D eigenvalue weighted by Gasteiger charge is -2.37. The summed E-state index contributed by atoms with van der Waals surface area (Å²) in [6.07, 6.45) is 4.97. The van der Waals surface area contributed by atoms with Crippen molar-refractivity contribution >= 4 is 5.91 Å². The van der Waals surface area contributed by atoms with Gasteiger partial charge in [0.2, 0.25) is 0 Å². The van der Waals surface area contributed by atoms with Crippen LogP contribution in [0.3, 0.4) is 0 Å². The molecule has 1 aliphatic heterocycles. The van der Waals surface area contributed by atoms with Crippen molar-refractivity contribution in [3.8, 4) is 5.69 Å². The highest BCUT2D eigenvalue weighted by atomic mass is 16.2. The van der Waals surface area contributed by atoms with Gasteiger partial charge in [-0.2, -0.15) is 5.10 Å². The minimum atomic E-state index is -0.0170. The maximum absolute atomic E-state index is 12.8. The summed E-state index contributed by atoms with van der Waals surface area (Å²) < 4.78 is 1.73. The van der Waals surface area contributed by atoms with Crippen LogP contribution in [0.25, 0.3) is 5.69 Å². The van der Waals surface area contributed by atoms with Gasteiger partial charge in [-0.3, -0.25) is 4.79 Å². The van der Waals surface area contributed by atoms with Gasteiger partial charge in [-0.05, 0) is 44.4 Å². The second kappa shape index (κ2) is 6.32. The van der Waals surface area contributed by atoms with E-state index in [0.29, 0.717) is 5.69 Å². The summed E-state index contributed by atoms with van der Waals surface area (Å²) in [7, 11) is 0. The van der Waals surface area contributed by atoms with E-state index in [-0.39, 0.29) is 18.0 Å². The van der Waals surface area contributed by atoms with Gasteiger partial charge in [0.25, 0.3) is 5.91 Å². The molecule has 5 nitrogen and oxygen atoms in total. The second-order valence-corrected chi connectivity index (χ2v) is 5.90. The molecule has 1 aromatic carbocycles. The fraction of sp³-hybridized carbons (Fsp3) is 0.412. The van der Waals surface area contributed by atoms with E-state index in [4.69, 9.17) is 5.73 Å². The molecule has 0 radical (unpaired) electrons. The van der Waals surface area contributed by atoms with E-state index in [1.807, 2.05) is 48.4 Å². The molecule has 2 aromatic rings. The fourth-order valence-electron chi connectivity index (χ4n) is 3.07. The normalized spacial score (nSPS) is 19.9. The SMILES string of the molecule is CC(N)C1CCCCN1C(=O)c1ccn(-c2ccccc2)n1. The molecule has 0 bridgehead atoms. The average molecular weight is 298 g/mol. The summed E-state index contributed by atoms with van der Waals surface area (Å²) in [5.74, 6) is -0.0170. The Kier molecular flexibility index (Phi) is 4.24. The van der Waals surface area contributed by atoms with Crippen molar-refractivity contribution in [3.63, 3.8) is 0 Å². The highest BCUT2D eigenvalue weighted by Crippen LogP contribution is 2.21. The Morgan fingerprint density at radius 1 is 1.27 bits per heavy atom. The third-order valence-corrected chi connectivity index (χ3v) is 4.25. The van der Waals surface area contributed by atoms with Gasteiger partial charge >= 0.3 is 0 Å². The monoisotopic (exact) mass is 298 g/mol. The van der Waals surface area contributed by atoms with Gasteiger partial charge in [-0.15, -0.1) is 0 Å². The molecule has 1 amide bonds. The Labute approximate surface area is 130 Å². The molecule has 1 aromatic heterocycles. The van der Waals surface area contributed by atoms with Crippen molar-refractivity contribution in [2.24, 2.45) is 5.73 Å². The van der Waals surface area contributed by atoms with E-state index in [1.54, 1.807) is 10.7 Å². The van der Waals surface area contributed by atoms with Crippen molar-refractivity contribution in [2.75, 3.05) is 6.54 Å². The van der Waals surface area contributed by atoms with Crippen LogP contribution in [-0.4, -0.2) is 39.2 Å². The van der Waals surface area contributed by atoms with Crippen LogP contribution >= 0.6 is 0 Å². The molecule has 2 unspecified atom stereocenters. The smallest absolute Gasteiger partial charge is 0.274 e. The van der Waals surface area contributed by atoms with E-state index in [0.717, 1.165) is 31.5 Å². The molecule has 1 saturated heterocycles. The van der Waals surface area contributed by atoms with Crippen molar-refractivity contribution < 1.29 is 4.79 Å². The van der Waals surface area contributed by atoms with Crippen LogP contribution in [0.15, 0.2) is 42.6 Å². The summed E-state index contributed by atoms with van der Waals surface area (Å²) in [5, 5.41) is 4.43. The standard InChI is InChI=1S/C17H22N4O/c1-13(18)16-9-5-6-11-20(16)17(22)15-10-12-21(19-15)14-7-3-2-4-8-14/h2-4,7-8,10,12-13,16H,5-6,9,11,18H2,1H3. The zero-order valence-corrected chi connectivity index (χ0v) is 12.9. The van der Waals surface area contributed by atoms with Crippen LogP contribution in [0.4, 0.5) is 0 Å². The van der Waals surface area contributed by atoms with Gasteiger partial charge < -0.3 is 10.6 Å². The Morgan fingerprint density at radius 3 is 2.77 bits per heavy atom. The zero-order valence-electron chi connectivity index (χ0n) is 12.9. The highest BCUT2D eigenvalue weighted by molar-refractivity contribution is 5.92. The van der Waals surface area contributed by atoms with Crippen molar-refractivity contribution in [1.29, 1.82) is 0 Å². The van der Waals surface area contributed by atoms with Crippen LogP contribution in [-0.2, 0) is 0 Å². The number of amides is 1. The number of benzene rings is 1. The first kappa shape index (κ1) is 14.8. The van der Waals surface area contributed by atoms with Gasteiger partial charge in [0.15, 0.2) is 5.69 Å². The number of piperidine rings is 1. The molecule has 2 atom stereocenters. The van der Waals surface area contributed by atoms with Crippen molar-refractivity contribution in [2.45, 2.75) is 38.3 Å². The molecule has 0 spiro atoms. The Morgan fingerprint density at radius 2 is 2.05 bits per heavy atom. The van der Waals surface area contributed by atoms with Crippen LogP contribution in [0.2, 0.25) is 0 Å². The topological polar surface area (TPSA) is 64.2 Å². The third-order valence-electron chi connectivity index (χ3n) is 4.25. The van der Waals surface area contributed by atoms with E-state index < -0.39 is 0 Å². The quantitative estimate of drug-likeness (QED) is 0.945. The summed E-state index contributed by atoms with van der Waals surface area (Å²) in [6, 6.07) is 11.7. The molecule has 0 aliphatic carbocycles. The van der Waals surface area contributed by atoms with E-state index in [9.17, 15) is 4.79 Å². The van der Waals surface area contributed by atoms with E-state index in [2.05, 4.69) is 5.10 Å². The minimum absolute atomic E-state index is 0.0135. The molecular formula is C17H22N4O. The molecule has 22 heavy (non-hydrogen) atoms. The predicted molar refractivity (Wildman–Crippen MR) is 85.9 cm³/mol. The number of aromatic nitrogens is 2. The molecule has 1 fully saturated rings. The maximum Gasteiger partial charge on any atom is 0.274 e. The average Bonchev–Trinajstić information content (AvgIpc) is 3.05. The lowest BCUT2D eigenvalue weighted by molar-refractivity contribution is 0.0577. The maximum atomic E-state index is 12.8. The fourth-order valence-corrected chi connectivity index (χ4v) is 3.07. The second-order valence-electron chi connectivity index (χ2n) is 5.90. The van der Waals surface area contributed by atoms with Gasteiger partial charge in [-0.1, -0.05) is 18.2 Å². The van der Waals surface area contributed by atoms with Crippen LogP contribution in [0.5, 0.6) is 0 Å². The number of likely N-dealkylation sites (tertiary alicyclic amines) is 1. The van der Waals surface area contributed by atoms with E-state index >= 15 is 0 Å². The number of carbonyl (C=O) groups excluding carboxylic acids is 1. The Balaban J connectivity index is 1.82. The number of rotatable bonds is 3. The predicted octanol–water partition coefficient (Wildman–Crippen LogP) is 2.21. The highest BCUT2D eigenvalue weighted by Gasteiger charge is 2.30. The molecule has 2 N–H and O–H groups in total. The van der Waals surface area contributed by atoms with Gasteiger partial charge in [0, 0.05) is 24.8 Å². The lowest BCUT2D eigenvalue weighted by Crippen LogP contribution is -2.51. The summed E-state index contributed by atoms with van der Waals surface area (Å²) in [5.41, 5.74) is 7.48. The van der Waals surface area contributed by atoms with E-state index in [1.165, 1.54) is 0 Å². The number of carbonyl (C=O) groups is 1. The number of nitrogens with zero attached hydrogens (tertiary/aromatic N) is 3. The molecule has 0 saturated carbocycles. The first-order valence-corrected chi connectivity index (χ1v) is 7.84. The number of nitrogens with two attached hydrogens (primary N) is 1. The molecular weight excluding hydrogens is 276 g/mol. The summed E-state index contributed by atoms with van der Waals surface area (Å²) in [4.78, 5) is 14.6. The molecule has 2 heterocycles. The molecule has 5 heteroatoms. The molecule has 3 rings (SSSR count). The summed E-state index contributed by atoms with van der Waals surface area (Å²) >= 11 is 0. The van der Waals surface area contributed by atoms with Crippen molar-refractivity contribution in [3.05, 3.63) is 48.3 Å². The van der Waals surface area contributed by atoms with Crippen LogP contribution in [0.1, 0.15) is 36.7 Å². The lowest BCUT2D eigenvalue weighted by atomic mass is 9.96. The van der Waals surface area contributed by atoms with Crippen LogP contribution in [0, 0.1) is 0 Å². The zero-order chi connectivity index (χ0) is 15.5. The Bertz CT molecular complexity index is 635. The van der Waals surface area contributed by atoms with Gasteiger partial charge in [0.1, 0.15) is 0 Å². The third kappa shape index (κ3) is 2.90. The molecule has 1 aliphatic rings. The molecule has 116 valence electrons. The number of para-hydroxylation sites is 1.